The molecule has 0 saturated heterocycles. The monoisotopic (exact) mass is 442 g/mol. The van der Waals surface area contributed by atoms with Gasteiger partial charge in [0.05, 0.1) is 16.6 Å². The van der Waals surface area contributed by atoms with E-state index in [1.807, 2.05) is 20.8 Å². The maximum Gasteiger partial charge on any atom is 0.416 e. The average Bonchev–Trinajstić information content (AvgIpc) is 3.34. The van der Waals surface area contributed by atoms with Crippen LogP contribution in [0.3, 0.4) is 0 Å². The second-order valence-corrected chi connectivity index (χ2v) is 8.36. The van der Waals surface area contributed by atoms with Gasteiger partial charge in [-0.25, -0.2) is 9.78 Å². The Balaban J connectivity index is 1.46. The molecule has 0 bridgehead atoms. The number of H-pyrrole nitrogens is 1. The van der Waals surface area contributed by atoms with E-state index in [9.17, 15) is 18.0 Å². The van der Waals surface area contributed by atoms with Crippen LogP contribution in [0.25, 0.3) is 16.7 Å². The Labute approximate surface area is 181 Å². The second-order valence-electron chi connectivity index (χ2n) is 8.36. The van der Waals surface area contributed by atoms with Crippen molar-refractivity contribution in [2.75, 3.05) is 10.6 Å². The first kappa shape index (κ1) is 21.4. The van der Waals surface area contributed by atoms with Gasteiger partial charge in [0.15, 0.2) is 5.82 Å². The van der Waals surface area contributed by atoms with Crippen LogP contribution in [0, 0.1) is 0 Å². The number of fused-ring (bicyclic) bond motifs is 1. The first-order valence-electron chi connectivity index (χ1n) is 9.79. The number of aromatic amines is 1. The number of halogens is 3. The fourth-order valence-electron chi connectivity index (χ4n) is 3.15. The quantitative estimate of drug-likeness (QED) is 0.380. The van der Waals surface area contributed by atoms with E-state index in [0.29, 0.717) is 22.7 Å². The molecule has 32 heavy (non-hydrogen) atoms. The van der Waals surface area contributed by atoms with Gasteiger partial charge < -0.3 is 5.32 Å². The average molecular weight is 442 g/mol. The molecule has 0 atom stereocenters. The number of alkyl halides is 3. The number of hydrogen-bond donors (Lipinski definition) is 3. The molecular formula is C22H21F3N6O. The molecule has 0 aliphatic heterocycles. The van der Waals surface area contributed by atoms with E-state index in [4.69, 9.17) is 0 Å². The van der Waals surface area contributed by atoms with E-state index in [2.05, 4.69) is 25.8 Å². The van der Waals surface area contributed by atoms with Gasteiger partial charge in [-0.1, -0.05) is 20.8 Å². The Bertz CT molecular complexity index is 1270. The predicted molar refractivity (Wildman–Crippen MR) is 116 cm³/mol. The lowest BCUT2D eigenvalue weighted by molar-refractivity contribution is -0.137. The molecule has 0 saturated carbocycles. The van der Waals surface area contributed by atoms with E-state index in [0.717, 1.165) is 17.8 Å². The SMILES string of the molecule is CC(C)(C)c1cc(NC(=O)Nc2ccc(-n3cnc4cc(C(F)(F)F)ccc43)cc2)n[nH]1. The summed E-state index contributed by atoms with van der Waals surface area (Å²) >= 11 is 0. The highest BCUT2D eigenvalue weighted by molar-refractivity contribution is 5.99. The molecule has 0 radical (unpaired) electrons. The molecule has 7 nitrogen and oxygen atoms in total. The summed E-state index contributed by atoms with van der Waals surface area (Å²) in [6.45, 7) is 6.10. The van der Waals surface area contributed by atoms with Crippen molar-refractivity contribution in [3.63, 3.8) is 0 Å². The molecule has 2 aromatic carbocycles. The molecule has 0 unspecified atom stereocenters. The van der Waals surface area contributed by atoms with Crippen molar-refractivity contribution in [2.24, 2.45) is 0 Å². The Morgan fingerprint density at radius 1 is 1.00 bits per heavy atom. The molecule has 166 valence electrons. The van der Waals surface area contributed by atoms with Gasteiger partial charge in [0.1, 0.15) is 6.33 Å². The summed E-state index contributed by atoms with van der Waals surface area (Å²) in [4.78, 5) is 16.3. The van der Waals surface area contributed by atoms with Crippen molar-refractivity contribution in [1.29, 1.82) is 0 Å². The van der Waals surface area contributed by atoms with Crippen LogP contribution in [-0.4, -0.2) is 25.8 Å². The third-order valence-electron chi connectivity index (χ3n) is 4.91. The van der Waals surface area contributed by atoms with Gasteiger partial charge in [0.2, 0.25) is 0 Å². The highest BCUT2D eigenvalue weighted by Crippen LogP contribution is 2.31. The number of amides is 2. The molecule has 4 rings (SSSR count). The zero-order valence-electron chi connectivity index (χ0n) is 17.6. The molecule has 2 amide bonds. The third kappa shape index (κ3) is 4.43. The van der Waals surface area contributed by atoms with Gasteiger partial charge in [-0.15, -0.1) is 0 Å². The van der Waals surface area contributed by atoms with Crippen LogP contribution in [-0.2, 0) is 11.6 Å². The van der Waals surface area contributed by atoms with Crippen molar-refractivity contribution in [3.05, 3.63) is 66.1 Å². The first-order chi connectivity index (χ1) is 15.0. The van der Waals surface area contributed by atoms with E-state index in [-0.39, 0.29) is 10.9 Å². The van der Waals surface area contributed by atoms with Crippen LogP contribution in [0.4, 0.5) is 29.5 Å². The largest absolute Gasteiger partial charge is 0.416 e. The molecule has 2 heterocycles. The third-order valence-corrected chi connectivity index (χ3v) is 4.91. The maximum atomic E-state index is 12.9. The Morgan fingerprint density at radius 2 is 1.72 bits per heavy atom. The highest BCUT2D eigenvalue weighted by Gasteiger charge is 2.30. The highest BCUT2D eigenvalue weighted by atomic mass is 19.4. The molecule has 0 aliphatic rings. The Morgan fingerprint density at radius 3 is 2.34 bits per heavy atom. The van der Waals surface area contributed by atoms with Gasteiger partial charge in [0, 0.05) is 28.6 Å². The number of carbonyl (C=O) groups is 1. The van der Waals surface area contributed by atoms with Crippen molar-refractivity contribution in [3.8, 4) is 5.69 Å². The minimum absolute atomic E-state index is 0.120. The number of imidazole rings is 1. The van der Waals surface area contributed by atoms with Crippen LogP contribution >= 0.6 is 0 Å². The number of anilines is 2. The predicted octanol–water partition coefficient (Wildman–Crippen LogP) is 5.71. The number of hydrogen-bond acceptors (Lipinski definition) is 3. The van der Waals surface area contributed by atoms with E-state index >= 15 is 0 Å². The lowest BCUT2D eigenvalue weighted by Crippen LogP contribution is -2.19. The summed E-state index contributed by atoms with van der Waals surface area (Å²) < 4.78 is 40.4. The Hall–Kier alpha value is -3.82. The van der Waals surface area contributed by atoms with E-state index in [1.54, 1.807) is 34.9 Å². The summed E-state index contributed by atoms with van der Waals surface area (Å²) in [6.07, 6.45) is -2.96. The molecule has 0 spiro atoms. The minimum atomic E-state index is -4.42. The molecule has 0 aliphatic carbocycles. The summed E-state index contributed by atoms with van der Waals surface area (Å²) in [5, 5.41) is 12.4. The number of urea groups is 1. The van der Waals surface area contributed by atoms with Gasteiger partial charge in [-0.3, -0.25) is 15.0 Å². The van der Waals surface area contributed by atoms with Crippen molar-refractivity contribution in [1.82, 2.24) is 19.7 Å². The van der Waals surface area contributed by atoms with Crippen LogP contribution in [0.5, 0.6) is 0 Å². The minimum Gasteiger partial charge on any atom is -0.308 e. The van der Waals surface area contributed by atoms with Gasteiger partial charge >= 0.3 is 12.2 Å². The topological polar surface area (TPSA) is 87.6 Å². The van der Waals surface area contributed by atoms with Crippen molar-refractivity contribution < 1.29 is 18.0 Å². The Kier molecular flexibility index (Phi) is 5.15. The zero-order valence-corrected chi connectivity index (χ0v) is 17.6. The van der Waals surface area contributed by atoms with Gasteiger partial charge in [-0.2, -0.15) is 18.3 Å². The molecule has 10 heteroatoms. The van der Waals surface area contributed by atoms with E-state index < -0.39 is 17.8 Å². The summed E-state index contributed by atoms with van der Waals surface area (Å²) in [6, 6.07) is 11.6. The van der Waals surface area contributed by atoms with Crippen molar-refractivity contribution in [2.45, 2.75) is 32.4 Å². The van der Waals surface area contributed by atoms with Crippen LogP contribution in [0.1, 0.15) is 32.0 Å². The molecular weight excluding hydrogens is 421 g/mol. The first-order valence-corrected chi connectivity index (χ1v) is 9.79. The van der Waals surface area contributed by atoms with Crippen LogP contribution < -0.4 is 10.6 Å². The number of rotatable bonds is 3. The summed E-state index contributed by atoms with van der Waals surface area (Å²) in [7, 11) is 0. The normalized spacial score (nSPS) is 12.2. The number of carbonyl (C=O) groups excluding carboxylic acids is 1. The summed E-state index contributed by atoms with van der Waals surface area (Å²) in [5.41, 5.74) is 2.06. The number of benzene rings is 2. The van der Waals surface area contributed by atoms with Crippen LogP contribution in [0.15, 0.2) is 54.9 Å². The standard InChI is InChI=1S/C22H21F3N6O/c1-21(2,3)18-11-19(30-29-18)28-20(32)27-14-5-7-15(8-6-14)31-12-26-16-10-13(22(23,24)25)4-9-17(16)31/h4-12H,1-3H3,(H3,27,28,29,30,32). The van der Waals surface area contributed by atoms with Gasteiger partial charge in [0.25, 0.3) is 0 Å². The van der Waals surface area contributed by atoms with Crippen molar-refractivity contribution >= 4 is 28.6 Å². The molecule has 2 aromatic heterocycles. The number of nitrogens with zero attached hydrogens (tertiary/aromatic N) is 3. The zero-order chi connectivity index (χ0) is 23.1. The summed E-state index contributed by atoms with van der Waals surface area (Å²) in [5.74, 6) is 0.409. The lowest BCUT2D eigenvalue weighted by Gasteiger charge is -2.14. The lowest BCUT2D eigenvalue weighted by atomic mass is 9.92. The fourth-order valence-corrected chi connectivity index (χ4v) is 3.15. The van der Waals surface area contributed by atoms with Crippen LogP contribution in [0.2, 0.25) is 0 Å². The maximum absolute atomic E-state index is 12.9. The fraction of sp³-hybridized carbons (Fsp3) is 0.227. The number of aromatic nitrogens is 4. The van der Waals surface area contributed by atoms with E-state index in [1.165, 1.54) is 12.4 Å². The van der Waals surface area contributed by atoms with Gasteiger partial charge in [-0.05, 0) is 42.5 Å². The molecule has 0 fully saturated rings. The number of nitrogens with one attached hydrogen (secondary N) is 3. The second kappa shape index (κ2) is 7.70. The molecule has 3 N–H and O–H groups in total. The molecule has 4 aromatic rings. The smallest absolute Gasteiger partial charge is 0.308 e.